The van der Waals surface area contributed by atoms with E-state index in [9.17, 15) is 9.90 Å². The molecule has 1 aliphatic rings. The Labute approximate surface area is 128 Å². The van der Waals surface area contributed by atoms with Crippen LogP contribution in [0.5, 0.6) is 5.75 Å². The number of aromatic hydroxyl groups is 1. The quantitative estimate of drug-likeness (QED) is 0.668. The van der Waals surface area contributed by atoms with Crippen molar-refractivity contribution >= 4 is 12.1 Å². The van der Waals surface area contributed by atoms with Gasteiger partial charge in [0.2, 0.25) is 0 Å². The monoisotopic (exact) mass is 295 g/mol. The summed E-state index contributed by atoms with van der Waals surface area (Å²) in [6.45, 7) is 1.87. The van der Waals surface area contributed by atoms with Crippen LogP contribution in [0.2, 0.25) is 0 Å². The Bertz CT molecular complexity index is 688. The fourth-order valence-electron chi connectivity index (χ4n) is 2.52. The van der Waals surface area contributed by atoms with Gasteiger partial charge in [-0.1, -0.05) is 36.4 Å². The van der Waals surface area contributed by atoms with Gasteiger partial charge in [-0.2, -0.15) is 5.10 Å². The van der Waals surface area contributed by atoms with Gasteiger partial charge in [-0.05, 0) is 23.3 Å². The first kappa shape index (κ1) is 14.3. The number of carbonyl (C=O) groups is 1. The largest absolute Gasteiger partial charge is 0.507 e. The van der Waals surface area contributed by atoms with Crippen LogP contribution in [0, 0.1) is 0 Å². The lowest BCUT2D eigenvalue weighted by molar-refractivity contribution is -0.122. The summed E-state index contributed by atoms with van der Waals surface area (Å²) in [7, 11) is 0. The molecule has 2 aromatic rings. The molecule has 5 nitrogen and oxygen atoms in total. The topological polar surface area (TPSA) is 64.9 Å². The molecule has 2 N–H and O–H groups in total. The van der Waals surface area contributed by atoms with Gasteiger partial charge in [-0.25, -0.2) is 5.43 Å². The molecule has 1 aliphatic heterocycles. The van der Waals surface area contributed by atoms with E-state index in [0.717, 1.165) is 13.1 Å². The van der Waals surface area contributed by atoms with Crippen molar-refractivity contribution in [2.24, 2.45) is 5.10 Å². The maximum absolute atomic E-state index is 11.9. The Hall–Kier alpha value is -2.66. The second-order valence-corrected chi connectivity index (χ2v) is 5.27. The van der Waals surface area contributed by atoms with Crippen molar-refractivity contribution in [3.8, 4) is 5.75 Å². The van der Waals surface area contributed by atoms with E-state index in [0.29, 0.717) is 12.1 Å². The van der Waals surface area contributed by atoms with Crippen molar-refractivity contribution in [2.75, 3.05) is 6.54 Å². The number of rotatable bonds is 4. The molecule has 0 aliphatic carbocycles. The van der Waals surface area contributed by atoms with Gasteiger partial charge in [-0.3, -0.25) is 9.69 Å². The second kappa shape index (κ2) is 6.41. The van der Waals surface area contributed by atoms with E-state index in [1.165, 1.54) is 17.3 Å². The van der Waals surface area contributed by atoms with Crippen LogP contribution < -0.4 is 5.43 Å². The van der Waals surface area contributed by atoms with Gasteiger partial charge in [-0.15, -0.1) is 0 Å². The molecule has 0 unspecified atom stereocenters. The zero-order valence-electron chi connectivity index (χ0n) is 12.1. The molecule has 0 bridgehead atoms. The lowest BCUT2D eigenvalue weighted by Crippen LogP contribution is -2.32. The molecule has 3 rings (SSSR count). The zero-order chi connectivity index (χ0) is 15.4. The van der Waals surface area contributed by atoms with E-state index in [1.54, 1.807) is 24.3 Å². The number of benzene rings is 2. The number of amides is 1. The summed E-state index contributed by atoms with van der Waals surface area (Å²) in [6.07, 6.45) is 1.44. The summed E-state index contributed by atoms with van der Waals surface area (Å²) in [4.78, 5) is 14.0. The lowest BCUT2D eigenvalue weighted by Gasteiger charge is -2.12. The van der Waals surface area contributed by atoms with Crippen LogP contribution in [0.25, 0.3) is 0 Å². The molecule has 0 spiro atoms. The van der Waals surface area contributed by atoms with E-state index in [1.807, 2.05) is 12.1 Å². The fourth-order valence-corrected chi connectivity index (χ4v) is 2.52. The number of hydrogen-bond acceptors (Lipinski definition) is 4. The van der Waals surface area contributed by atoms with Gasteiger partial charge >= 0.3 is 0 Å². The van der Waals surface area contributed by atoms with Gasteiger partial charge in [0.05, 0.1) is 12.8 Å². The average molecular weight is 295 g/mol. The van der Waals surface area contributed by atoms with Crippen LogP contribution in [-0.2, 0) is 17.9 Å². The number of phenolic OH excluding ortho intramolecular Hbond substituents is 1. The number of carbonyl (C=O) groups excluding carboxylic acids is 1. The fraction of sp³-hybridized carbons (Fsp3) is 0.176. The minimum Gasteiger partial charge on any atom is -0.507 e. The average Bonchev–Trinajstić information content (AvgIpc) is 2.91. The van der Waals surface area contributed by atoms with Crippen molar-refractivity contribution in [1.29, 1.82) is 0 Å². The van der Waals surface area contributed by atoms with Gasteiger partial charge < -0.3 is 5.11 Å². The molecular formula is C17H17N3O2. The number of phenols is 1. The molecule has 1 amide bonds. The molecule has 5 heteroatoms. The molecule has 0 saturated heterocycles. The minimum atomic E-state index is -0.167. The van der Waals surface area contributed by atoms with Gasteiger partial charge in [0.25, 0.3) is 5.91 Å². The molecule has 0 fully saturated rings. The number of hydrazone groups is 1. The predicted octanol–water partition coefficient (Wildman–Crippen LogP) is 1.86. The highest BCUT2D eigenvalue weighted by Crippen LogP contribution is 2.21. The summed E-state index contributed by atoms with van der Waals surface area (Å²) < 4.78 is 0. The van der Waals surface area contributed by atoms with Crippen LogP contribution in [-0.4, -0.2) is 28.7 Å². The van der Waals surface area contributed by atoms with Gasteiger partial charge in [0.15, 0.2) is 0 Å². The highest BCUT2D eigenvalue weighted by molar-refractivity contribution is 5.85. The lowest BCUT2D eigenvalue weighted by atomic mass is 10.1. The van der Waals surface area contributed by atoms with Gasteiger partial charge in [0, 0.05) is 18.7 Å². The third-order valence-corrected chi connectivity index (χ3v) is 3.60. The number of nitrogens with zero attached hydrogens (tertiary/aromatic N) is 2. The summed E-state index contributed by atoms with van der Waals surface area (Å²) in [5, 5.41) is 13.5. The number of fused-ring (bicyclic) bond motifs is 1. The molecular weight excluding hydrogens is 278 g/mol. The van der Waals surface area contributed by atoms with Crippen molar-refractivity contribution < 1.29 is 9.90 Å². The highest BCUT2D eigenvalue weighted by atomic mass is 16.3. The number of para-hydroxylation sites is 1. The molecule has 2 aromatic carbocycles. The number of hydrogen-bond donors (Lipinski definition) is 2. The highest BCUT2D eigenvalue weighted by Gasteiger charge is 2.19. The van der Waals surface area contributed by atoms with Crippen LogP contribution in [0.15, 0.2) is 53.6 Å². The first-order valence-electron chi connectivity index (χ1n) is 7.11. The molecule has 0 saturated carbocycles. The summed E-state index contributed by atoms with van der Waals surface area (Å²) in [6, 6.07) is 15.0. The third kappa shape index (κ3) is 3.32. The van der Waals surface area contributed by atoms with E-state index in [-0.39, 0.29) is 11.7 Å². The maximum Gasteiger partial charge on any atom is 0.254 e. The van der Waals surface area contributed by atoms with E-state index < -0.39 is 0 Å². The van der Waals surface area contributed by atoms with E-state index in [4.69, 9.17) is 0 Å². The Balaban J connectivity index is 1.51. The molecule has 0 atom stereocenters. The standard InChI is InChI=1S/C17H17N3O2/c21-16-8-4-3-5-13(16)9-18-19-17(22)12-20-10-14-6-1-2-7-15(14)11-20/h1-9,21H,10-12H2,(H,19,22)/b18-9-. The zero-order valence-corrected chi connectivity index (χ0v) is 12.1. The van der Waals surface area contributed by atoms with Gasteiger partial charge in [0.1, 0.15) is 5.75 Å². The smallest absolute Gasteiger partial charge is 0.254 e. The molecule has 112 valence electrons. The molecule has 0 radical (unpaired) electrons. The van der Waals surface area contributed by atoms with Crippen LogP contribution in [0.3, 0.4) is 0 Å². The molecule has 1 heterocycles. The van der Waals surface area contributed by atoms with Crippen molar-refractivity contribution in [3.63, 3.8) is 0 Å². The van der Waals surface area contributed by atoms with Crippen molar-refractivity contribution in [1.82, 2.24) is 10.3 Å². The first-order chi connectivity index (χ1) is 10.7. The Morgan fingerprint density at radius 3 is 2.45 bits per heavy atom. The van der Waals surface area contributed by atoms with Crippen molar-refractivity contribution in [3.05, 3.63) is 65.2 Å². The maximum atomic E-state index is 11.9. The molecule has 0 aromatic heterocycles. The minimum absolute atomic E-state index is 0.135. The Morgan fingerprint density at radius 1 is 1.14 bits per heavy atom. The van der Waals surface area contributed by atoms with Crippen molar-refractivity contribution in [2.45, 2.75) is 13.1 Å². The Morgan fingerprint density at radius 2 is 1.77 bits per heavy atom. The predicted molar refractivity (Wildman–Crippen MR) is 84.4 cm³/mol. The first-order valence-corrected chi connectivity index (χ1v) is 7.11. The normalized spacial score (nSPS) is 14.2. The summed E-state index contributed by atoms with van der Waals surface area (Å²) >= 11 is 0. The third-order valence-electron chi connectivity index (χ3n) is 3.60. The summed E-state index contributed by atoms with van der Waals surface area (Å²) in [5.41, 5.74) is 5.60. The van der Waals surface area contributed by atoms with Crippen LogP contribution >= 0.6 is 0 Å². The molecule has 22 heavy (non-hydrogen) atoms. The van der Waals surface area contributed by atoms with E-state index >= 15 is 0 Å². The second-order valence-electron chi connectivity index (χ2n) is 5.27. The van der Waals surface area contributed by atoms with Crippen LogP contribution in [0.1, 0.15) is 16.7 Å². The number of nitrogens with one attached hydrogen (secondary N) is 1. The van der Waals surface area contributed by atoms with Crippen LogP contribution in [0.4, 0.5) is 0 Å². The Kier molecular flexibility index (Phi) is 4.16. The van der Waals surface area contributed by atoms with E-state index in [2.05, 4.69) is 27.6 Å². The summed E-state index contributed by atoms with van der Waals surface area (Å²) in [5.74, 6) is -0.0324. The SMILES string of the molecule is O=C(CN1Cc2ccccc2C1)N/N=C\c1ccccc1O.